The summed E-state index contributed by atoms with van der Waals surface area (Å²) >= 11 is 0. The van der Waals surface area contributed by atoms with Gasteiger partial charge in [-0.1, -0.05) is 18.2 Å². The zero-order valence-electron chi connectivity index (χ0n) is 6.74. The maximum atomic E-state index is 5.64. The van der Waals surface area contributed by atoms with E-state index in [1.54, 1.807) is 20.7 Å². The van der Waals surface area contributed by atoms with Crippen LogP contribution in [0.15, 0.2) is 36.4 Å². The molecule has 2 rings (SSSR count). The Labute approximate surface area is 90.7 Å². The topological polar surface area (TPSA) is 26.0 Å². The summed E-state index contributed by atoms with van der Waals surface area (Å²) in [5.74, 6) is 0. The lowest BCUT2D eigenvalue weighted by Gasteiger charge is -1.85. The number of nitrogen functional groups attached to an aromatic ring is 1. The lowest BCUT2D eigenvalue weighted by molar-refractivity contribution is -0.00000220. The predicted molar refractivity (Wildman–Crippen MR) is 56.5 cm³/mol. The maximum absolute atomic E-state index is 5.64. The molecule has 2 aromatic rings. The third kappa shape index (κ3) is 2.40. The third-order valence-corrected chi connectivity index (χ3v) is 3.85. The Bertz CT molecular complexity index is 372. The summed E-state index contributed by atoms with van der Waals surface area (Å²) in [6, 6.07) is 12.3. The van der Waals surface area contributed by atoms with Crippen molar-refractivity contribution in [2.75, 3.05) is 5.73 Å². The van der Waals surface area contributed by atoms with E-state index in [-0.39, 0.29) is 12.4 Å². The van der Waals surface area contributed by atoms with E-state index < -0.39 is 0 Å². The van der Waals surface area contributed by atoms with E-state index in [0.717, 1.165) is 5.00 Å². The van der Waals surface area contributed by atoms with Crippen LogP contribution in [0.3, 0.4) is 0 Å². The van der Waals surface area contributed by atoms with Crippen molar-refractivity contribution in [2.24, 2.45) is 0 Å². The monoisotopic (exact) mass is 229 g/mol. The smallest absolute Gasteiger partial charge is 0.302 e. The molecule has 0 radical (unpaired) electrons. The largest absolute Gasteiger partial charge is 1.00 e. The zero-order chi connectivity index (χ0) is 8.39. The van der Waals surface area contributed by atoms with E-state index in [9.17, 15) is 0 Å². The van der Waals surface area contributed by atoms with Gasteiger partial charge in [-0.2, -0.15) is 0 Å². The molecule has 0 spiro atoms. The third-order valence-electron chi connectivity index (χ3n) is 1.56. The Morgan fingerprint density at radius 1 is 1.15 bits per heavy atom. The van der Waals surface area contributed by atoms with Gasteiger partial charge in [-0.3, -0.25) is 0 Å². The van der Waals surface area contributed by atoms with Crippen molar-refractivity contribution in [3.05, 3.63) is 36.4 Å². The molecule has 0 aliphatic heterocycles. The van der Waals surface area contributed by atoms with E-state index in [1.807, 2.05) is 24.3 Å². The van der Waals surface area contributed by atoms with E-state index in [4.69, 9.17) is 5.73 Å². The van der Waals surface area contributed by atoms with Crippen molar-refractivity contribution in [1.82, 2.24) is 0 Å². The van der Waals surface area contributed by atoms with Gasteiger partial charge in [0.25, 0.3) is 4.88 Å². The fourth-order valence-electron chi connectivity index (χ4n) is 1.00. The first-order chi connectivity index (χ1) is 5.86. The minimum Gasteiger partial charge on any atom is -1.00 e. The van der Waals surface area contributed by atoms with Crippen LogP contribution in [0.1, 0.15) is 0 Å². The molecule has 13 heavy (non-hydrogen) atoms. The van der Waals surface area contributed by atoms with Gasteiger partial charge in [-0.05, 0) is 12.1 Å². The Morgan fingerprint density at radius 2 is 1.85 bits per heavy atom. The molecule has 4 heteroatoms. The lowest BCUT2D eigenvalue weighted by Crippen LogP contribution is -3.00. The van der Waals surface area contributed by atoms with Crippen molar-refractivity contribution in [3.8, 4) is 10.4 Å². The number of hydrogen-bond acceptors (Lipinski definition) is 2. The van der Waals surface area contributed by atoms with Crippen LogP contribution in [-0.2, 0) is 0 Å². The molecule has 1 aromatic heterocycles. The summed E-state index contributed by atoms with van der Waals surface area (Å²) in [6.45, 7) is 0. The summed E-state index contributed by atoms with van der Waals surface area (Å²) in [4.78, 5) is 1.25. The van der Waals surface area contributed by atoms with Crippen molar-refractivity contribution in [3.63, 3.8) is 0 Å². The fourth-order valence-corrected chi connectivity index (χ4v) is 2.97. The molecule has 0 fully saturated rings. The summed E-state index contributed by atoms with van der Waals surface area (Å²) in [7, 11) is 3.34. The minimum atomic E-state index is 0. The molecule has 0 bridgehead atoms. The Hall–Kier alpha value is -0.640. The van der Waals surface area contributed by atoms with Crippen LogP contribution >= 0.6 is 20.7 Å². The number of benzene rings is 1. The number of nitrogens with two attached hydrogens (primary N) is 1. The molecule has 1 nitrogen and oxygen atoms in total. The fraction of sp³-hybridized carbons (Fsp3) is 0. The molecule has 0 unspecified atom stereocenters. The lowest BCUT2D eigenvalue weighted by atomic mass is 10.2. The second kappa shape index (κ2) is 4.56. The molecule has 2 N–H and O–H groups in total. The van der Waals surface area contributed by atoms with Gasteiger partial charge in [0.2, 0.25) is 0 Å². The highest BCUT2D eigenvalue weighted by molar-refractivity contribution is 7.72. The molecule has 0 aliphatic rings. The highest BCUT2D eigenvalue weighted by atomic mass is 35.5. The molecule has 1 heterocycles. The summed E-state index contributed by atoms with van der Waals surface area (Å²) in [6.07, 6.45) is 0. The second-order valence-electron chi connectivity index (χ2n) is 2.44. The van der Waals surface area contributed by atoms with Crippen LogP contribution in [0.25, 0.3) is 10.4 Å². The summed E-state index contributed by atoms with van der Waals surface area (Å²) in [5, 5.41) is 0.888. The van der Waals surface area contributed by atoms with E-state index >= 15 is 0 Å². The first-order valence-electron chi connectivity index (χ1n) is 3.60. The van der Waals surface area contributed by atoms with Crippen LogP contribution < -0.4 is 18.1 Å². The SMILES string of the molecule is Nc1cc(-c2ccccc2)[s+]s1.[Cl-]. The maximum Gasteiger partial charge on any atom is 0.302 e. The van der Waals surface area contributed by atoms with E-state index in [2.05, 4.69) is 12.1 Å². The van der Waals surface area contributed by atoms with Gasteiger partial charge in [-0.25, -0.2) is 0 Å². The molecule has 1 aromatic carbocycles. The van der Waals surface area contributed by atoms with Crippen molar-refractivity contribution < 1.29 is 12.4 Å². The minimum absolute atomic E-state index is 0. The van der Waals surface area contributed by atoms with Gasteiger partial charge in [0, 0.05) is 11.6 Å². The van der Waals surface area contributed by atoms with Crippen molar-refractivity contribution in [2.45, 2.75) is 0 Å². The highest BCUT2D eigenvalue weighted by Gasteiger charge is 2.12. The summed E-state index contributed by atoms with van der Waals surface area (Å²) < 4.78 is 0. The molecule has 68 valence electrons. The predicted octanol–water partition coefficient (Wildman–Crippen LogP) is 0.344. The Balaban J connectivity index is 0.000000845. The average Bonchev–Trinajstić information content (AvgIpc) is 2.54. The van der Waals surface area contributed by atoms with Crippen LogP contribution in [0.4, 0.5) is 5.00 Å². The molecule has 0 atom stereocenters. The second-order valence-corrected chi connectivity index (χ2v) is 4.69. The molecule has 0 saturated carbocycles. The molecular formula is C9H8ClNS2. The van der Waals surface area contributed by atoms with Crippen molar-refractivity contribution in [1.29, 1.82) is 0 Å². The Kier molecular flexibility index (Phi) is 3.66. The first kappa shape index (κ1) is 10.4. The standard InChI is InChI=1S/C9H8NS2.ClH/c10-9-6-8(11-12-9)7-4-2-1-3-5-7;/h1-6H,10H2;1H/q+1;/p-1. The number of hydrogen-bond donors (Lipinski definition) is 1. The van der Waals surface area contributed by atoms with E-state index in [0.29, 0.717) is 0 Å². The zero-order valence-corrected chi connectivity index (χ0v) is 9.12. The van der Waals surface area contributed by atoms with Crippen LogP contribution in [0.5, 0.6) is 0 Å². The molecule has 0 amide bonds. The van der Waals surface area contributed by atoms with E-state index in [1.165, 1.54) is 10.4 Å². The van der Waals surface area contributed by atoms with Crippen LogP contribution in [0, 0.1) is 0 Å². The normalized spacial score (nSPS) is 9.23. The molecule has 0 aliphatic carbocycles. The van der Waals surface area contributed by atoms with Gasteiger partial charge in [0.1, 0.15) is 0 Å². The first-order valence-corrected chi connectivity index (χ1v) is 5.75. The van der Waals surface area contributed by atoms with Gasteiger partial charge >= 0.3 is 10.3 Å². The van der Waals surface area contributed by atoms with Gasteiger partial charge < -0.3 is 18.1 Å². The van der Waals surface area contributed by atoms with Crippen LogP contribution in [0.2, 0.25) is 0 Å². The molecular weight excluding hydrogens is 222 g/mol. The van der Waals surface area contributed by atoms with Crippen LogP contribution in [-0.4, -0.2) is 0 Å². The summed E-state index contributed by atoms with van der Waals surface area (Å²) in [5.41, 5.74) is 6.89. The van der Waals surface area contributed by atoms with Gasteiger partial charge in [0.15, 0.2) is 15.3 Å². The Morgan fingerprint density at radius 3 is 2.38 bits per heavy atom. The quantitative estimate of drug-likeness (QED) is 0.554. The highest BCUT2D eigenvalue weighted by Crippen LogP contribution is 2.32. The molecule has 0 saturated heterocycles. The number of anilines is 1. The van der Waals surface area contributed by atoms with Gasteiger partial charge in [0.05, 0.1) is 0 Å². The number of rotatable bonds is 1. The number of halogens is 1. The van der Waals surface area contributed by atoms with Crippen molar-refractivity contribution >= 4 is 25.7 Å². The average molecular weight is 230 g/mol. The van der Waals surface area contributed by atoms with Gasteiger partial charge in [-0.15, -0.1) is 0 Å².